The van der Waals surface area contributed by atoms with Crippen LogP contribution in [0.1, 0.15) is 25.3 Å². The summed E-state index contributed by atoms with van der Waals surface area (Å²) in [7, 11) is 1.89. The minimum Gasteiger partial charge on any atom is -0.358 e. The van der Waals surface area contributed by atoms with Gasteiger partial charge in [-0.25, -0.2) is 0 Å². The molecule has 0 spiro atoms. The molecule has 2 aromatic carbocycles. The third kappa shape index (κ3) is 5.44. The highest BCUT2D eigenvalue weighted by Gasteiger charge is 2.15. The molecule has 3 nitrogen and oxygen atoms in total. The van der Waals surface area contributed by atoms with E-state index in [2.05, 4.69) is 36.1 Å². The van der Waals surface area contributed by atoms with E-state index in [0.717, 1.165) is 31.6 Å². The molecule has 23 heavy (non-hydrogen) atoms. The third-order valence-electron chi connectivity index (χ3n) is 3.94. The van der Waals surface area contributed by atoms with Crippen LogP contribution in [0.4, 0.5) is 5.69 Å². The zero-order valence-corrected chi connectivity index (χ0v) is 14.1. The average Bonchev–Trinajstić information content (AvgIpc) is 2.60. The van der Waals surface area contributed by atoms with Crippen molar-refractivity contribution in [1.82, 2.24) is 4.90 Å². The van der Waals surface area contributed by atoms with Crippen LogP contribution in [0.5, 0.6) is 0 Å². The number of likely N-dealkylation sites (N-methyl/N-ethyl adjacent to an activating group) is 1. The highest BCUT2D eigenvalue weighted by Crippen LogP contribution is 2.17. The predicted molar refractivity (Wildman–Crippen MR) is 96.5 cm³/mol. The van der Waals surface area contributed by atoms with Crippen molar-refractivity contribution in [1.29, 1.82) is 0 Å². The van der Waals surface area contributed by atoms with Gasteiger partial charge in [0.1, 0.15) is 0 Å². The van der Waals surface area contributed by atoms with E-state index in [1.807, 2.05) is 48.3 Å². The molecular formula is C20H26N2O. The first kappa shape index (κ1) is 17.1. The molecule has 0 bridgehead atoms. The summed E-state index contributed by atoms with van der Waals surface area (Å²) in [5.41, 5.74) is 2.29. The van der Waals surface area contributed by atoms with Crippen molar-refractivity contribution in [2.45, 2.75) is 26.3 Å². The fourth-order valence-electron chi connectivity index (χ4n) is 2.49. The van der Waals surface area contributed by atoms with Crippen LogP contribution < -0.4 is 4.90 Å². The summed E-state index contributed by atoms with van der Waals surface area (Å²) in [5, 5.41) is 0. The Hall–Kier alpha value is -2.29. The van der Waals surface area contributed by atoms with Crippen LogP contribution in [0.25, 0.3) is 0 Å². The topological polar surface area (TPSA) is 23.6 Å². The van der Waals surface area contributed by atoms with E-state index in [-0.39, 0.29) is 5.91 Å². The first-order valence-electron chi connectivity index (χ1n) is 8.28. The minimum absolute atomic E-state index is 0.165. The summed E-state index contributed by atoms with van der Waals surface area (Å²) in [6.07, 6.45) is 2.15. The quantitative estimate of drug-likeness (QED) is 0.737. The number of para-hydroxylation sites is 1. The van der Waals surface area contributed by atoms with Crippen LogP contribution in [-0.4, -0.2) is 30.9 Å². The Morgan fingerprint density at radius 3 is 2.17 bits per heavy atom. The van der Waals surface area contributed by atoms with Gasteiger partial charge in [0.2, 0.25) is 5.91 Å². The Balaban J connectivity index is 2.09. The van der Waals surface area contributed by atoms with Gasteiger partial charge in [-0.2, -0.15) is 0 Å². The van der Waals surface area contributed by atoms with Gasteiger partial charge < -0.3 is 9.80 Å². The van der Waals surface area contributed by atoms with Gasteiger partial charge in [-0.1, -0.05) is 61.9 Å². The van der Waals surface area contributed by atoms with Crippen molar-refractivity contribution in [2.24, 2.45) is 0 Å². The predicted octanol–water partition coefficient (Wildman–Crippen LogP) is 3.95. The summed E-state index contributed by atoms with van der Waals surface area (Å²) in [6.45, 7) is 4.10. The molecule has 0 radical (unpaired) electrons. The highest BCUT2D eigenvalue weighted by molar-refractivity contribution is 5.81. The molecular weight excluding hydrogens is 284 g/mol. The lowest BCUT2D eigenvalue weighted by atomic mass is 10.2. The number of carbonyl (C=O) groups excluding carboxylic acids is 1. The van der Waals surface area contributed by atoms with E-state index in [4.69, 9.17) is 0 Å². The summed E-state index contributed by atoms with van der Waals surface area (Å²) in [4.78, 5) is 16.5. The molecule has 0 aromatic heterocycles. The Morgan fingerprint density at radius 2 is 1.57 bits per heavy atom. The van der Waals surface area contributed by atoms with Crippen molar-refractivity contribution in [2.75, 3.05) is 25.0 Å². The normalized spacial score (nSPS) is 10.3. The standard InChI is InChI=1S/C20H26N2O/c1-3-4-15-21(2)20(23)17-22(19-13-9-6-10-14-19)16-18-11-7-5-8-12-18/h5-14H,3-4,15-17H2,1-2H3. The fourth-order valence-corrected chi connectivity index (χ4v) is 2.49. The number of nitrogens with zero attached hydrogens (tertiary/aromatic N) is 2. The fraction of sp³-hybridized carbons (Fsp3) is 0.350. The van der Waals surface area contributed by atoms with Gasteiger partial charge in [-0.3, -0.25) is 4.79 Å². The molecule has 1 amide bonds. The lowest BCUT2D eigenvalue weighted by molar-refractivity contribution is -0.128. The number of amides is 1. The van der Waals surface area contributed by atoms with Gasteiger partial charge in [0.25, 0.3) is 0 Å². The maximum Gasteiger partial charge on any atom is 0.241 e. The largest absolute Gasteiger partial charge is 0.358 e. The van der Waals surface area contributed by atoms with E-state index in [1.54, 1.807) is 0 Å². The molecule has 0 aliphatic heterocycles. The molecule has 0 heterocycles. The number of rotatable bonds is 8. The molecule has 0 unspecified atom stereocenters. The molecule has 0 saturated carbocycles. The van der Waals surface area contributed by atoms with Crippen LogP contribution in [0, 0.1) is 0 Å². The lowest BCUT2D eigenvalue weighted by Gasteiger charge is -2.27. The van der Waals surface area contributed by atoms with E-state index in [9.17, 15) is 4.79 Å². The van der Waals surface area contributed by atoms with Gasteiger partial charge in [-0.05, 0) is 24.1 Å². The van der Waals surface area contributed by atoms with E-state index in [0.29, 0.717) is 6.54 Å². The van der Waals surface area contributed by atoms with Crippen LogP contribution in [-0.2, 0) is 11.3 Å². The third-order valence-corrected chi connectivity index (χ3v) is 3.94. The SMILES string of the molecule is CCCCN(C)C(=O)CN(Cc1ccccc1)c1ccccc1. The van der Waals surface area contributed by atoms with Crippen molar-refractivity contribution in [3.05, 3.63) is 66.2 Å². The first-order chi connectivity index (χ1) is 11.2. The lowest BCUT2D eigenvalue weighted by Crippen LogP contribution is -2.38. The van der Waals surface area contributed by atoms with Crippen molar-refractivity contribution in [3.63, 3.8) is 0 Å². The van der Waals surface area contributed by atoms with Crippen LogP contribution in [0.2, 0.25) is 0 Å². The molecule has 0 N–H and O–H groups in total. The molecule has 3 heteroatoms. The highest BCUT2D eigenvalue weighted by atomic mass is 16.2. The molecule has 122 valence electrons. The monoisotopic (exact) mass is 310 g/mol. The van der Waals surface area contributed by atoms with Gasteiger partial charge in [0.15, 0.2) is 0 Å². The van der Waals surface area contributed by atoms with Gasteiger partial charge >= 0.3 is 0 Å². The van der Waals surface area contributed by atoms with E-state index >= 15 is 0 Å². The molecule has 0 saturated heterocycles. The number of hydrogen-bond acceptors (Lipinski definition) is 2. The van der Waals surface area contributed by atoms with E-state index < -0.39 is 0 Å². The smallest absolute Gasteiger partial charge is 0.241 e. The van der Waals surface area contributed by atoms with E-state index in [1.165, 1.54) is 5.56 Å². The van der Waals surface area contributed by atoms with Crippen LogP contribution in [0.15, 0.2) is 60.7 Å². The Labute approximate surface area is 139 Å². The Kier molecular flexibility index (Phi) is 6.67. The number of anilines is 1. The summed E-state index contributed by atoms with van der Waals surface area (Å²) in [5.74, 6) is 0.165. The maximum atomic E-state index is 12.5. The number of benzene rings is 2. The summed E-state index contributed by atoms with van der Waals surface area (Å²) >= 11 is 0. The van der Waals surface area contributed by atoms with Crippen molar-refractivity contribution < 1.29 is 4.79 Å². The van der Waals surface area contributed by atoms with Gasteiger partial charge in [0.05, 0.1) is 6.54 Å². The van der Waals surface area contributed by atoms with Gasteiger partial charge in [0, 0.05) is 25.8 Å². The second-order valence-electron chi connectivity index (χ2n) is 5.85. The second kappa shape index (κ2) is 8.99. The number of hydrogen-bond donors (Lipinski definition) is 0. The number of unbranched alkanes of at least 4 members (excludes halogenated alkanes) is 1. The molecule has 0 atom stereocenters. The summed E-state index contributed by atoms with van der Waals surface area (Å²) in [6, 6.07) is 20.4. The average molecular weight is 310 g/mol. The Bertz CT molecular complexity index is 583. The maximum absolute atomic E-state index is 12.5. The molecule has 2 aromatic rings. The van der Waals surface area contributed by atoms with Crippen molar-refractivity contribution in [3.8, 4) is 0 Å². The van der Waals surface area contributed by atoms with Crippen molar-refractivity contribution >= 4 is 11.6 Å². The molecule has 0 fully saturated rings. The summed E-state index contributed by atoms with van der Waals surface area (Å²) < 4.78 is 0. The van der Waals surface area contributed by atoms with Crippen LogP contribution in [0.3, 0.4) is 0 Å². The van der Waals surface area contributed by atoms with Gasteiger partial charge in [-0.15, -0.1) is 0 Å². The molecule has 0 aliphatic rings. The van der Waals surface area contributed by atoms with Crippen LogP contribution >= 0.6 is 0 Å². The zero-order chi connectivity index (χ0) is 16.5. The molecule has 0 aliphatic carbocycles. The second-order valence-corrected chi connectivity index (χ2v) is 5.85. The Morgan fingerprint density at radius 1 is 0.957 bits per heavy atom. The zero-order valence-electron chi connectivity index (χ0n) is 14.1. The number of carbonyl (C=O) groups is 1. The first-order valence-corrected chi connectivity index (χ1v) is 8.28. The minimum atomic E-state index is 0.165. The molecule has 2 rings (SSSR count).